The van der Waals surface area contributed by atoms with Crippen LogP contribution in [0.3, 0.4) is 0 Å². The van der Waals surface area contributed by atoms with Crippen LogP contribution in [-0.4, -0.2) is 30.1 Å². The molecule has 1 aliphatic rings. The summed E-state index contributed by atoms with van der Waals surface area (Å²) in [5.41, 5.74) is 6.73. The maximum Gasteiger partial charge on any atom is 0.391 e. The van der Waals surface area contributed by atoms with Gasteiger partial charge in [0.25, 0.3) is 0 Å². The predicted octanol–water partition coefficient (Wildman–Crippen LogP) is 2.45. The summed E-state index contributed by atoms with van der Waals surface area (Å²) in [6.45, 7) is 2.36. The molecule has 2 rings (SSSR count). The summed E-state index contributed by atoms with van der Waals surface area (Å²) < 4.78 is 38.0. The Morgan fingerprint density at radius 3 is 2.45 bits per heavy atom. The van der Waals surface area contributed by atoms with Crippen molar-refractivity contribution in [1.82, 2.24) is 4.98 Å². The molecule has 20 heavy (non-hydrogen) atoms. The molecule has 0 radical (unpaired) electrons. The average Bonchev–Trinajstić information content (AvgIpc) is 2.37. The van der Waals surface area contributed by atoms with E-state index >= 15 is 0 Å². The summed E-state index contributed by atoms with van der Waals surface area (Å²) in [5.74, 6) is -0.854. The summed E-state index contributed by atoms with van der Waals surface area (Å²) in [5, 5.41) is 7.54. The van der Waals surface area contributed by atoms with E-state index in [-0.39, 0.29) is 31.8 Å². The van der Waals surface area contributed by atoms with E-state index in [1.807, 2.05) is 0 Å². The number of pyridine rings is 1. The highest BCUT2D eigenvalue weighted by Gasteiger charge is 2.41. The van der Waals surface area contributed by atoms with E-state index in [0.29, 0.717) is 11.4 Å². The van der Waals surface area contributed by atoms with Crippen molar-refractivity contribution in [3.63, 3.8) is 0 Å². The monoisotopic (exact) mass is 286 g/mol. The lowest BCUT2D eigenvalue weighted by Gasteiger charge is -2.34. The van der Waals surface area contributed by atoms with Crippen molar-refractivity contribution in [1.29, 1.82) is 5.41 Å². The van der Waals surface area contributed by atoms with Crippen molar-refractivity contribution in [2.75, 3.05) is 18.0 Å². The van der Waals surface area contributed by atoms with E-state index in [0.717, 1.165) is 5.69 Å². The van der Waals surface area contributed by atoms with Gasteiger partial charge >= 0.3 is 6.18 Å². The highest BCUT2D eigenvalue weighted by atomic mass is 19.4. The van der Waals surface area contributed by atoms with Crippen molar-refractivity contribution >= 4 is 11.7 Å². The molecular formula is C13H17F3N4. The topological polar surface area (TPSA) is 66.0 Å². The molecule has 7 heteroatoms. The molecule has 1 aliphatic heterocycles. The van der Waals surface area contributed by atoms with Crippen LogP contribution >= 0.6 is 0 Å². The third kappa shape index (κ3) is 3.02. The van der Waals surface area contributed by atoms with Crippen molar-refractivity contribution in [2.24, 2.45) is 11.7 Å². The second-order valence-electron chi connectivity index (χ2n) is 5.04. The second-order valence-corrected chi connectivity index (χ2v) is 5.04. The lowest BCUT2D eigenvalue weighted by atomic mass is 9.96. The number of hydrogen-bond donors (Lipinski definition) is 2. The SMILES string of the molecule is Cc1ccc(C(=N)N)c(N2CCC(C(F)(F)F)CC2)n1. The lowest BCUT2D eigenvalue weighted by Crippen LogP contribution is -2.40. The smallest absolute Gasteiger partial charge is 0.384 e. The molecule has 1 aromatic heterocycles. The van der Waals surface area contributed by atoms with Crippen LogP contribution in [0.5, 0.6) is 0 Å². The molecule has 0 spiro atoms. The number of hydrogen-bond acceptors (Lipinski definition) is 3. The third-order valence-electron chi connectivity index (χ3n) is 3.56. The van der Waals surface area contributed by atoms with Gasteiger partial charge < -0.3 is 10.6 Å². The average molecular weight is 286 g/mol. The van der Waals surface area contributed by atoms with Gasteiger partial charge in [-0.25, -0.2) is 4.98 Å². The molecule has 0 unspecified atom stereocenters. The van der Waals surface area contributed by atoms with E-state index in [1.165, 1.54) is 0 Å². The number of aromatic nitrogens is 1. The number of nitrogens with two attached hydrogens (primary N) is 1. The van der Waals surface area contributed by atoms with Crippen LogP contribution < -0.4 is 10.6 Å². The number of anilines is 1. The van der Waals surface area contributed by atoms with E-state index in [2.05, 4.69) is 4.98 Å². The Morgan fingerprint density at radius 1 is 1.35 bits per heavy atom. The molecule has 1 aromatic rings. The molecule has 0 atom stereocenters. The first kappa shape index (κ1) is 14.6. The molecule has 0 aliphatic carbocycles. The molecule has 0 amide bonds. The molecule has 0 bridgehead atoms. The molecule has 2 heterocycles. The fourth-order valence-corrected chi connectivity index (χ4v) is 2.41. The van der Waals surface area contributed by atoms with Crippen LogP contribution in [0.15, 0.2) is 12.1 Å². The van der Waals surface area contributed by atoms with Gasteiger partial charge in [0.05, 0.1) is 11.5 Å². The van der Waals surface area contributed by atoms with Gasteiger partial charge in [0.15, 0.2) is 0 Å². The van der Waals surface area contributed by atoms with Crippen molar-refractivity contribution in [3.8, 4) is 0 Å². The maximum atomic E-state index is 12.7. The molecule has 4 nitrogen and oxygen atoms in total. The molecule has 1 saturated heterocycles. The van der Waals surface area contributed by atoms with Crippen molar-refractivity contribution < 1.29 is 13.2 Å². The first-order chi connectivity index (χ1) is 9.29. The van der Waals surface area contributed by atoms with Crippen molar-refractivity contribution in [2.45, 2.75) is 25.9 Å². The van der Waals surface area contributed by atoms with Crippen LogP contribution in [0, 0.1) is 18.3 Å². The predicted molar refractivity (Wildman–Crippen MR) is 71.0 cm³/mol. The minimum atomic E-state index is -4.13. The Balaban J connectivity index is 2.18. The fraction of sp³-hybridized carbons (Fsp3) is 0.538. The molecule has 110 valence electrons. The van der Waals surface area contributed by atoms with Crippen LogP contribution in [0.1, 0.15) is 24.1 Å². The summed E-state index contributed by atoms with van der Waals surface area (Å²) in [4.78, 5) is 6.11. The van der Waals surface area contributed by atoms with Gasteiger partial charge in [-0.1, -0.05) is 0 Å². The zero-order valence-corrected chi connectivity index (χ0v) is 11.2. The Morgan fingerprint density at radius 2 is 1.95 bits per heavy atom. The quantitative estimate of drug-likeness (QED) is 0.648. The number of halogens is 3. The summed E-state index contributed by atoms with van der Waals surface area (Å²) in [7, 11) is 0. The highest BCUT2D eigenvalue weighted by molar-refractivity contribution is 5.99. The van der Waals surface area contributed by atoms with Crippen LogP contribution in [0.25, 0.3) is 0 Å². The molecule has 1 fully saturated rings. The van der Waals surface area contributed by atoms with Crippen LogP contribution in [-0.2, 0) is 0 Å². The van der Waals surface area contributed by atoms with Gasteiger partial charge in [-0.2, -0.15) is 13.2 Å². The Labute approximate surface area is 115 Å². The van der Waals surface area contributed by atoms with Gasteiger partial charge in [-0.05, 0) is 31.9 Å². The molecular weight excluding hydrogens is 269 g/mol. The minimum absolute atomic E-state index is 0.0521. The number of nitrogens with zero attached hydrogens (tertiary/aromatic N) is 2. The number of rotatable bonds is 2. The molecule has 0 saturated carbocycles. The van der Waals surface area contributed by atoms with Gasteiger partial charge in [0.1, 0.15) is 11.7 Å². The van der Waals surface area contributed by atoms with Gasteiger partial charge in [-0.15, -0.1) is 0 Å². The first-order valence-corrected chi connectivity index (χ1v) is 6.42. The largest absolute Gasteiger partial charge is 0.391 e. The number of piperidine rings is 1. The normalized spacial score (nSPS) is 17.3. The Kier molecular flexibility index (Phi) is 3.87. The van der Waals surface area contributed by atoms with Gasteiger partial charge in [-0.3, -0.25) is 5.41 Å². The van der Waals surface area contributed by atoms with Gasteiger partial charge in [0.2, 0.25) is 0 Å². The second kappa shape index (κ2) is 5.30. The van der Waals surface area contributed by atoms with E-state index in [9.17, 15) is 13.2 Å². The highest BCUT2D eigenvalue weighted by Crippen LogP contribution is 2.35. The number of nitrogens with one attached hydrogen (secondary N) is 1. The number of nitrogen functional groups attached to an aromatic ring is 1. The van der Waals surface area contributed by atoms with Gasteiger partial charge in [0, 0.05) is 18.8 Å². The Bertz CT molecular complexity index is 505. The molecule has 0 aromatic carbocycles. The van der Waals surface area contributed by atoms with E-state index in [1.54, 1.807) is 24.0 Å². The fourth-order valence-electron chi connectivity index (χ4n) is 2.41. The maximum absolute atomic E-state index is 12.7. The number of aryl methyl sites for hydroxylation is 1. The zero-order chi connectivity index (χ0) is 14.9. The van der Waals surface area contributed by atoms with E-state index < -0.39 is 12.1 Å². The zero-order valence-electron chi connectivity index (χ0n) is 11.2. The summed E-state index contributed by atoms with van der Waals surface area (Å²) in [6.07, 6.45) is -4.03. The minimum Gasteiger partial charge on any atom is -0.384 e. The standard InChI is InChI=1S/C13H17F3N4/c1-8-2-3-10(11(17)18)12(19-8)20-6-4-9(5-7-20)13(14,15)16/h2-3,9H,4-7H2,1H3,(H3,17,18). The molecule has 3 N–H and O–H groups in total. The number of alkyl halides is 3. The Hall–Kier alpha value is -1.79. The first-order valence-electron chi connectivity index (χ1n) is 6.42. The summed E-state index contributed by atoms with van der Waals surface area (Å²) >= 11 is 0. The number of amidine groups is 1. The van der Waals surface area contributed by atoms with Crippen LogP contribution in [0.2, 0.25) is 0 Å². The summed E-state index contributed by atoms with van der Waals surface area (Å²) in [6, 6.07) is 3.43. The van der Waals surface area contributed by atoms with Crippen LogP contribution in [0.4, 0.5) is 19.0 Å². The lowest BCUT2D eigenvalue weighted by molar-refractivity contribution is -0.179. The van der Waals surface area contributed by atoms with Crippen molar-refractivity contribution in [3.05, 3.63) is 23.4 Å². The van der Waals surface area contributed by atoms with E-state index in [4.69, 9.17) is 11.1 Å². The third-order valence-corrected chi connectivity index (χ3v) is 3.56.